The average molecular weight is 365 g/mol. The van der Waals surface area contributed by atoms with E-state index in [9.17, 15) is 5.11 Å². The Labute approximate surface area is 110 Å². The molecule has 14 heavy (non-hydrogen) atoms. The van der Waals surface area contributed by atoms with E-state index in [-0.39, 0.29) is 22.8 Å². The average Bonchev–Trinajstić information content (AvgIpc) is 2.15. The number of aromatic nitrogens is 1. The summed E-state index contributed by atoms with van der Waals surface area (Å²) in [6.45, 7) is 0. The Morgan fingerprint density at radius 2 is 2.14 bits per heavy atom. The van der Waals surface area contributed by atoms with Gasteiger partial charge in [-0.05, 0) is 40.8 Å². The van der Waals surface area contributed by atoms with Gasteiger partial charge < -0.3 is 5.11 Å². The van der Waals surface area contributed by atoms with E-state index in [1.165, 1.54) is 0 Å². The van der Waals surface area contributed by atoms with Crippen LogP contribution in [0.3, 0.4) is 0 Å². The molecule has 1 N–H and O–H groups in total. The van der Waals surface area contributed by atoms with Crippen LogP contribution in [0.25, 0.3) is 10.9 Å². The predicted octanol–water partition coefficient (Wildman–Crippen LogP) is 3.20. The van der Waals surface area contributed by atoms with E-state index >= 15 is 0 Å². The summed E-state index contributed by atoms with van der Waals surface area (Å²) in [6, 6.07) is 5.35. The summed E-state index contributed by atoms with van der Waals surface area (Å²) in [6.07, 6.45) is 1.63. The molecule has 0 saturated carbocycles. The van der Waals surface area contributed by atoms with Gasteiger partial charge in [-0.2, -0.15) is 0 Å². The van der Waals surface area contributed by atoms with Gasteiger partial charge in [-0.1, -0.05) is 11.6 Å². The molecule has 0 aliphatic rings. The Kier molecular flexibility index (Phi) is 4.01. The molecule has 0 aliphatic carbocycles. The van der Waals surface area contributed by atoms with Gasteiger partial charge >= 0.3 is 17.1 Å². The number of rotatable bonds is 0. The molecule has 0 spiro atoms. The molecule has 75 valence electrons. The Morgan fingerprint density at radius 3 is 2.86 bits per heavy atom. The van der Waals surface area contributed by atoms with Crippen molar-refractivity contribution < 1.29 is 22.2 Å². The van der Waals surface area contributed by atoms with Gasteiger partial charge in [0.1, 0.15) is 5.52 Å². The molecule has 1 radical (unpaired) electrons. The number of hydrogen-bond donors (Lipinski definition) is 1. The maximum absolute atomic E-state index is 9.65. The zero-order valence-electron chi connectivity index (χ0n) is 6.76. The Bertz CT molecular complexity index is 478. The fourth-order valence-corrected chi connectivity index (χ4v) is 2.17. The Balaban J connectivity index is 0.000000980. The van der Waals surface area contributed by atoms with Crippen molar-refractivity contribution in [2.24, 2.45) is 0 Å². The van der Waals surface area contributed by atoms with E-state index in [0.29, 0.717) is 14.1 Å². The maximum Gasteiger partial charge on any atom is 2.00 e. The molecule has 0 aliphatic heterocycles. The number of nitrogens with zero attached hydrogens (tertiary/aromatic N) is 1. The summed E-state index contributed by atoms with van der Waals surface area (Å²) in [7, 11) is 0. The zero-order chi connectivity index (χ0) is 9.42. The van der Waals surface area contributed by atoms with Crippen LogP contribution < -0.4 is 0 Å². The van der Waals surface area contributed by atoms with Crippen LogP contribution in [0.15, 0.2) is 24.4 Å². The number of hydrogen-bond acceptors (Lipinski definition) is 2. The fraction of sp³-hybridized carbons (Fsp3) is 0. The number of phenolic OH excluding ortho intramolecular Hbond substituents is 1. The molecular formula is C9H5ClCuINO+2. The van der Waals surface area contributed by atoms with Crippen molar-refractivity contribution >= 4 is 45.1 Å². The van der Waals surface area contributed by atoms with Crippen molar-refractivity contribution in [1.29, 1.82) is 0 Å². The predicted molar refractivity (Wildman–Crippen MR) is 61.1 cm³/mol. The van der Waals surface area contributed by atoms with Crippen LogP contribution >= 0.6 is 34.2 Å². The van der Waals surface area contributed by atoms with Crippen molar-refractivity contribution in [3.8, 4) is 5.75 Å². The number of pyridine rings is 1. The molecule has 5 heteroatoms. The molecule has 1 aromatic heterocycles. The number of fused-ring (bicyclic) bond motifs is 1. The maximum atomic E-state index is 9.65. The van der Waals surface area contributed by atoms with Gasteiger partial charge in [-0.3, -0.25) is 4.98 Å². The number of halogens is 2. The van der Waals surface area contributed by atoms with Gasteiger partial charge in [0.25, 0.3) is 0 Å². The molecule has 1 aromatic carbocycles. The largest absolute Gasteiger partial charge is 2.00 e. The summed E-state index contributed by atoms with van der Waals surface area (Å²) in [5, 5.41) is 11.0. The smallest absolute Gasteiger partial charge is 0.505 e. The third-order valence-corrected chi connectivity index (χ3v) is 2.90. The van der Waals surface area contributed by atoms with E-state index in [0.717, 1.165) is 5.39 Å². The minimum atomic E-state index is 0. The van der Waals surface area contributed by atoms with Crippen molar-refractivity contribution in [3.05, 3.63) is 33.0 Å². The van der Waals surface area contributed by atoms with Crippen molar-refractivity contribution in [2.45, 2.75) is 0 Å². The Morgan fingerprint density at radius 1 is 1.43 bits per heavy atom. The first-order valence-electron chi connectivity index (χ1n) is 3.62. The first-order valence-corrected chi connectivity index (χ1v) is 5.07. The minimum absolute atomic E-state index is 0. The summed E-state index contributed by atoms with van der Waals surface area (Å²) in [5.74, 6) is 0.195. The van der Waals surface area contributed by atoms with Gasteiger partial charge in [-0.15, -0.1) is 0 Å². The van der Waals surface area contributed by atoms with Crippen LogP contribution in [0.5, 0.6) is 5.75 Å². The summed E-state index contributed by atoms with van der Waals surface area (Å²) < 4.78 is 0.716. The molecule has 0 saturated heterocycles. The molecule has 0 amide bonds. The van der Waals surface area contributed by atoms with E-state index in [4.69, 9.17) is 11.6 Å². The van der Waals surface area contributed by atoms with Gasteiger partial charge in [0.15, 0.2) is 5.75 Å². The summed E-state index contributed by atoms with van der Waals surface area (Å²) in [5.41, 5.74) is 0.555. The second-order valence-corrected chi connectivity index (χ2v) is 4.16. The molecule has 1 heterocycles. The summed E-state index contributed by atoms with van der Waals surface area (Å²) >= 11 is 8.00. The third-order valence-electron chi connectivity index (χ3n) is 1.77. The molecule has 2 rings (SSSR count). The van der Waals surface area contributed by atoms with E-state index < -0.39 is 0 Å². The van der Waals surface area contributed by atoms with Crippen LogP contribution in [0, 0.1) is 3.57 Å². The second kappa shape index (κ2) is 4.66. The van der Waals surface area contributed by atoms with E-state index in [1.54, 1.807) is 18.3 Å². The van der Waals surface area contributed by atoms with Crippen molar-refractivity contribution in [2.75, 3.05) is 0 Å². The first kappa shape index (κ1) is 12.0. The second-order valence-electron chi connectivity index (χ2n) is 2.59. The number of aromatic hydroxyl groups is 1. The van der Waals surface area contributed by atoms with Gasteiger partial charge in [0, 0.05) is 11.6 Å². The normalized spacial score (nSPS) is 9.86. The van der Waals surface area contributed by atoms with Gasteiger partial charge in [-0.25, -0.2) is 0 Å². The SMILES string of the molecule is Oc1c([123I])cc(Cl)c2cccnc12.[Cu+2]. The number of phenols is 1. The molecule has 0 bridgehead atoms. The molecule has 0 fully saturated rings. The van der Waals surface area contributed by atoms with Crippen LogP contribution in [0.4, 0.5) is 0 Å². The molecule has 0 unspecified atom stereocenters. The zero-order valence-corrected chi connectivity index (χ0v) is 10.6. The minimum Gasteiger partial charge on any atom is -0.505 e. The quantitative estimate of drug-likeness (QED) is 0.575. The van der Waals surface area contributed by atoms with Crippen molar-refractivity contribution in [3.63, 3.8) is 0 Å². The monoisotopic (exact) mass is 364 g/mol. The standard InChI is InChI=1S/C9H5ClINO.Cu/c10-6-4-7(11)9(13)8-5(6)2-1-3-12-8;/h1-4,13H;/q;+2/i11-4;. The van der Waals surface area contributed by atoms with Crippen LogP contribution in [-0.4, -0.2) is 10.1 Å². The fourth-order valence-electron chi connectivity index (χ4n) is 1.16. The summed E-state index contributed by atoms with van der Waals surface area (Å²) in [4.78, 5) is 4.06. The van der Waals surface area contributed by atoms with E-state index in [1.807, 2.05) is 28.7 Å². The molecule has 2 aromatic rings. The number of benzene rings is 1. The molecule has 2 nitrogen and oxygen atoms in total. The molecule has 0 atom stereocenters. The topological polar surface area (TPSA) is 33.1 Å². The van der Waals surface area contributed by atoms with Crippen molar-refractivity contribution in [1.82, 2.24) is 4.98 Å². The Hall–Kier alpha value is -0.0305. The van der Waals surface area contributed by atoms with Gasteiger partial charge in [0.2, 0.25) is 0 Å². The van der Waals surface area contributed by atoms with Crippen LogP contribution in [-0.2, 0) is 17.1 Å². The van der Waals surface area contributed by atoms with Crippen LogP contribution in [0.1, 0.15) is 0 Å². The van der Waals surface area contributed by atoms with Crippen LogP contribution in [0.2, 0.25) is 5.02 Å². The molecular weight excluding hydrogens is 360 g/mol. The third kappa shape index (κ3) is 1.98. The first-order chi connectivity index (χ1) is 6.20. The van der Waals surface area contributed by atoms with E-state index in [2.05, 4.69) is 4.98 Å². The van der Waals surface area contributed by atoms with Gasteiger partial charge in [0.05, 0.1) is 8.59 Å².